The summed E-state index contributed by atoms with van der Waals surface area (Å²) in [4.78, 5) is 11.8. The van der Waals surface area contributed by atoms with Crippen molar-refractivity contribution in [1.29, 1.82) is 0 Å². The molecule has 0 bridgehead atoms. The minimum absolute atomic E-state index is 0.121. The summed E-state index contributed by atoms with van der Waals surface area (Å²) in [5, 5.41) is 3.09. The van der Waals surface area contributed by atoms with Crippen molar-refractivity contribution in [3.8, 4) is 0 Å². The third kappa shape index (κ3) is 3.34. The summed E-state index contributed by atoms with van der Waals surface area (Å²) in [5.74, 6) is -0.390. The van der Waals surface area contributed by atoms with Gasteiger partial charge in [-0.1, -0.05) is 41.5 Å². The molecule has 0 radical (unpaired) electrons. The van der Waals surface area contributed by atoms with E-state index in [-0.39, 0.29) is 17.1 Å². The molecule has 0 aliphatic carbocycles. The lowest BCUT2D eigenvalue weighted by atomic mass is 10.2. The van der Waals surface area contributed by atoms with Gasteiger partial charge in [-0.25, -0.2) is 0 Å². The highest BCUT2D eigenvalue weighted by atomic mass is 35.5. The summed E-state index contributed by atoms with van der Waals surface area (Å²) < 4.78 is 0. The van der Waals surface area contributed by atoms with Crippen molar-refractivity contribution >= 4 is 46.3 Å². The third-order valence-electron chi connectivity index (χ3n) is 1.61. The molecule has 0 saturated heterocycles. The molecule has 0 spiro atoms. The minimum atomic E-state index is -0.390. The number of amides is 1. The molecule has 0 heterocycles. The second kappa shape index (κ2) is 5.30. The maximum atomic E-state index is 11.6. The van der Waals surface area contributed by atoms with E-state index in [1.54, 1.807) is 18.2 Å². The van der Waals surface area contributed by atoms with Crippen molar-refractivity contribution in [2.24, 2.45) is 5.73 Å². The van der Waals surface area contributed by atoms with Crippen LogP contribution in [0.2, 0.25) is 10.0 Å². The van der Waals surface area contributed by atoms with Crippen LogP contribution in [0.25, 0.3) is 0 Å². The first-order valence-corrected chi connectivity index (χ1v) is 5.19. The van der Waals surface area contributed by atoms with Gasteiger partial charge in [-0.05, 0) is 12.1 Å². The van der Waals surface area contributed by atoms with E-state index in [1.807, 2.05) is 0 Å². The van der Waals surface area contributed by atoms with E-state index in [9.17, 15) is 4.79 Å². The number of hydrogen-bond acceptors (Lipinski definition) is 2. The topological polar surface area (TPSA) is 55.1 Å². The summed E-state index contributed by atoms with van der Waals surface area (Å²) in [6.45, 7) is 0.121. The molecule has 0 saturated carbocycles. The molecule has 1 rings (SSSR count). The quantitative estimate of drug-likeness (QED) is 0.820. The molecule has 3 N–H and O–H groups in total. The SMILES string of the molecule is NC(=S)CNC(=O)c1c(Cl)cccc1Cl. The fraction of sp³-hybridized carbons (Fsp3) is 0.111. The van der Waals surface area contributed by atoms with E-state index in [2.05, 4.69) is 17.5 Å². The molecule has 1 aromatic carbocycles. The van der Waals surface area contributed by atoms with Gasteiger partial charge in [-0.3, -0.25) is 4.79 Å². The Morgan fingerprint density at radius 3 is 2.40 bits per heavy atom. The van der Waals surface area contributed by atoms with E-state index < -0.39 is 5.91 Å². The molecule has 3 nitrogen and oxygen atoms in total. The van der Waals surface area contributed by atoms with Gasteiger partial charge in [0.05, 0.1) is 27.1 Å². The van der Waals surface area contributed by atoms with Gasteiger partial charge in [0.1, 0.15) is 0 Å². The van der Waals surface area contributed by atoms with Crippen LogP contribution in [0.5, 0.6) is 0 Å². The molecule has 0 aromatic heterocycles. The van der Waals surface area contributed by atoms with E-state index >= 15 is 0 Å². The Morgan fingerprint density at radius 1 is 1.40 bits per heavy atom. The van der Waals surface area contributed by atoms with Gasteiger partial charge in [-0.2, -0.15) is 0 Å². The van der Waals surface area contributed by atoms with E-state index in [4.69, 9.17) is 28.9 Å². The van der Waals surface area contributed by atoms with Gasteiger partial charge in [0.15, 0.2) is 0 Å². The lowest BCUT2D eigenvalue weighted by molar-refractivity contribution is 0.0959. The Hall–Kier alpha value is -0.840. The summed E-state index contributed by atoms with van der Waals surface area (Å²) in [5.41, 5.74) is 5.48. The third-order valence-corrected chi connectivity index (χ3v) is 2.39. The molecule has 15 heavy (non-hydrogen) atoms. The summed E-state index contributed by atoms with van der Waals surface area (Å²) in [7, 11) is 0. The van der Waals surface area contributed by atoms with Crippen LogP contribution in [-0.4, -0.2) is 17.4 Å². The number of carbonyl (C=O) groups excluding carboxylic acids is 1. The van der Waals surface area contributed by atoms with Crippen molar-refractivity contribution in [2.75, 3.05) is 6.54 Å². The highest BCUT2D eigenvalue weighted by Gasteiger charge is 2.13. The molecule has 6 heteroatoms. The molecule has 80 valence electrons. The summed E-state index contributed by atoms with van der Waals surface area (Å²) in [6.07, 6.45) is 0. The van der Waals surface area contributed by atoms with Crippen molar-refractivity contribution in [3.05, 3.63) is 33.8 Å². The van der Waals surface area contributed by atoms with Crippen LogP contribution in [-0.2, 0) is 0 Å². The average Bonchev–Trinajstić information content (AvgIpc) is 2.14. The van der Waals surface area contributed by atoms with Crippen molar-refractivity contribution in [3.63, 3.8) is 0 Å². The number of carbonyl (C=O) groups is 1. The first-order valence-electron chi connectivity index (χ1n) is 4.03. The maximum Gasteiger partial charge on any atom is 0.254 e. The molecule has 1 aromatic rings. The first kappa shape index (κ1) is 12.2. The first-order chi connectivity index (χ1) is 7.02. The summed E-state index contributed by atoms with van der Waals surface area (Å²) >= 11 is 16.3. The van der Waals surface area contributed by atoms with Crippen LogP contribution in [0.1, 0.15) is 10.4 Å². The predicted molar refractivity (Wildman–Crippen MR) is 65.6 cm³/mol. The number of benzene rings is 1. The second-order valence-electron chi connectivity index (χ2n) is 2.75. The number of nitrogens with two attached hydrogens (primary N) is 1. The van der Waals surface area contributed by atoms with Crippen LogP contribution >= 0.6 is 35.4 Å². The van der Waals surface area contributed by atoms with Crippen LogP contribution in [0.15, 0.2) is 18.2 Å². The second-order valence-corrected chi connectivity index (χ2v) is 4.08. The van der Waals surface area contributed by atoms with Gasteiger partial charge in [0.25, 0.3) is 5.91 Å². The summed E-state index contributed by atoms with van der Waals surface area (Å²) in [6, 6.07) is 4.83. The van der Waals surface area contributed by atoms with Gasteiger partial charge in [-0.15, -0.1) is 0 Å². The Kier molecular flexibility index (Phi) is 4.32. The fourth-order valence-corrected chi connectivity index (χ4v) is 1.61. The molecule has 0 aliphatic rings. The normalized spacial score (nSPS) is 9.73. The lowest BCUT2D eigenvalue weighted by Gasteiger charge is -2.07. The van der Waals surface area contributed by atoms with Crippen LogP contribution in [0.3, 0.4) is 0 Å². The van der Waals surface area contributed by atoms with E-state index in [0.717, 1.165) is 0 Å². The number of halogens is 2. The molecule has 0 atom stereocenters. The fourth-order valence-electron chi connectivity index (χ4n) is 0.971. The monoisotopic (exact) mass is 262 g/mol. The zero-order valence-electron chi connectivity index (χ0n) is 7.59. The highest BCUT2D eigenvalue weighted by Crippen LogP contribution is 2.23. The van der Waals surface area contributed by atoms with Gasteiger partial charge in [0, 0.05) is 0 Å². The zero-order valence-corrected chi connectivity index (χ0v) is 9.92. The van der Waals surface area contributed by atoms with Gasteiger partial charge in [0.2, 0.25) is 0 Å². The molecular formula is C9H8Cl2N2OS. The molecular weight excluding hydrogens is 255 g/mol. The zero-order chi connectivity index (χ0) is 11.4. The van der Waals surface area contributed by atoms with E-state index in [1.165, 1.54) is 0 Å². The van der Waals surface area contributed by atoms with Gasteiger partial charge < -0.3 is 11.1 Å². The van der Waals surface area contributed by atoms with Crippen LogP contribution < -0.4 is 11.1 Å². The maximum absolute atomic E-state index is 11.6. The van der Waals surface area contributed by atoms with E-state index in [0.29, 0.717) is 10.0 Å². The molecule has 0 fully saturated rings. The number of hydrogen-bond donors (Lipinski definition) is 2. The number of thiocarbonyl (C=S) groups is 1. The Balaban J connectivity index is 2.86. The standard InChI is InChI=1S/C9H8Cl2N2OS/c10-5-2-1-3-6(11)8(5)9(14)13-4-7(12)15/h1-3H,4H2,(H2,12,15)(H,13,14). The van der Waals surface area contributed by atoms with Crippen molar-refractivity contribution < 1.29 is 4.79 Å². The Labute approximate surface area is 103 Å². The highest BCUT2D eigenvalue weighted by molar-refractivity contribution is 7.80. The largest absolute Gasteiger partial charge is 0.392 e. The Morgan fingerprint density at radius 2 is 1.93 bits per heavy atom. The van der Waals surface area contributed by atoms with Crippen LogP contribution in [0.4, 0.5) is 0 Å². The molecule has 0 unspecified atom stereocenters. The minimum Gasteiger partial charge on any atom is -0.392 e. The number of nitrogens with one attached hydrogen (secondary N) is 1. The van der Waals surface area contributed by atoms with Crippen molar-refractivity contribution in [2.45, 2.75) is 0 Å². The Bertz CT molecular complexity index is 389. The van der Waals surface area contributed by atoms with Crippen LogP contribution in [0, 0.1) is 0 Å². The average molecular weight is 263 g/mol. The molecule has 0 aliphatic heterocycles. The van der Waals surface area contributed by atoms with Crippen molar-refractivity contribution in [1.82, 2.24) is 5.32 Å². The lowest BCUT2D eigenvalue weighted by Crippen LogP contribution is -2.32. The number of rotatable bonds is 3. The molecule has 1 amide bonds. The predicted octanol–water partition coefficient (Wildman–Crippen LogP) is 2.01. The van der Waals surface area contributed by atoms with Gasteiger partial charge >= 0.3 is 0 Å². The smallest absolute Gasteiger partial charge is 0.254 e.